The van der Waals surface area contributed by atoms with Crippen LogP contribution in [0.25, 0.3) is 17.0 Å². The third kappa shape index (κ3) is 5.83. The van der Waals surface area contributed by atoms with Gasteiger partial charge in [-0.05, 0) is 31.0 Å². The minimum absolute atomic E-state index is 0.234. The number of aryl methyl sites for hydroxylation is 1. The van der Waals surface area contributed by atoms with Gasteiger partial charge in [-0.1, -0.05) is 23.4 Å². The van der Waals surface area contributed by atoms with Gasteiger partial charge in [-0.15, -0.1) is 0 Å². The molecule has 1 N–H and O–H groups in total. The Morgan fingerprint density at radius 2 is 2.04 bits per heavy atom. The summed E-state index contributed by atoms with van der Waals surface area (Å²) in [6.07, 6.45) is 5.62. The second-order valence-corrected chi connectivity index (χ2v) is 6.04. The molecular weight excluding hydrogens is 364 g/mol. The van der Waals surface area contributed by atoms with Crippen LogP contribution in [0, 0.1) is 4.91 Å². The van der Waals surface area contributed by atoms with Crippen LogP contribution < -0.4 is 5.43 Å². The number of nitroso groups, excluding NO2 is 1. The summed E-state index contributed by atoms with van der Waals surface area (Å²) in [5.41, 5.74) is 0.771. The number of ether oxygens (including phenoxy) is 2. The van der Waals surface area contributed by atoms with Crippen LogP contribution in [0.3, 0.4) is 0 Å². The third-order valence-corrected chi connectivity index (χ3v) is 4.11. The first-order chi connectivity index (χ1) is 13.6. The molecule has 0 amide bonds. The van der Waals surface area contributed by atoms with Crippen LogP contribution >= 0.6 is 0 Å². The zero-order valence-corrected chi connectivity index (χ0v) is 15.8. The molecule has 0 unspecified atom stereocenters. The van der Waals surface area contributed by atoms with Gasteiger partial charge >= 0.3 is 5.97 Å². The summed E-state index contributed by atoms with van der Waals surface area (Å²) in [4.78, 5) is 33.7. The monoisotopic (exact) mass is 388 g/mol. The van der Waals surface area contributed by atoms with Gasteiger partial charge in [0.25, 0.3) is 0 Å². The van der Waals surface area contributed by atoms with Crippen molar-refractivity contribution in [2.45, 2.75) is 19.9 Å². The fraction of sp³-hybridized carbons (Fsp3) is 0.400. The van der Waals surface area contributed by atoms with Gasteiger partial charge in [-0.25, -0.2) is 4.79 Å². The van der Waals surface area contributed by atoms with Crippen LogP contribution in [0.15, 0.2) is 40.4 Å². The molecule has 0 fully saturated rings. The standard InChI is InChI=1S/C20H24N2O6/c1-2-22-14-17(20(24)25)19(23)16-13-15(6-7-18(16)22)5-3-9-27-11-12-28-10-4-8-21-26/h3,5-7,13-14H,2,4,8-12H2,1H3,(H,24,25)/b5-3+. The minimum atomic E-state index is -1.23. The average molecular weight is 388 g/mol. The van der Waals surface area contributed by atoms with Crippen molar-refractivity contribution in [1.82, 2.24) is 4.57 Å². The van der Waals surface area contributed by atoms with E-state index in [1.807, 2.05) is 31.2 Å². The van der Waals surface area contributed by atoms with E-state index in [0.29, 0.717) is 50.3 Å². The first-order valence-corrected chi connectivity index (χ1v) is 9.10. The van der Waals surface area contributed by atoms with E-state index >= 15 is 0 Å². The number of pyridine rings is 1. The number of carboxylic acids is 1. The average Bonchev–Trinajstić information content (AvgIpc) is 2.69. The zero-order chi connectivity index (χ0) is 20.4. The van der Waals surface area contributed by atoms with E-state index in [4.69, 9.17) is 9.47 Å². The topological polar surface area (TPSA) is 107 Å². The highest BCUT2D eigenvalue weighted by Crippen LogP contribution is 2.16. The van der Waals surface area contributed by atoms with Gasteiger partial charge < -0.3 is 19.1 Å². The molecule has 8 heteroatoms. The Hall–Kier alpha value is -2.84. The van der Waals surface area contributed by atoms with E-state index in [2.05, 4.69) is 5.18 Å². The summed E-state index contributed by atoms with van der Waals surface area (Å²) >= 11 is 0. The second kappa shape index (κ2) is 11.1. The molecule has 0 radical (unpaired) electrons. The fourth-order valence-corrected chi connectivity index (χ4v) is 2.72. The molecule has 2 rings (SSSR count). The summed E-state index contributed by atoms with van der Waals surface area (Å²) < 4.78 is 12.5. The van der Waals surface area contributed by atoms with Crippen molar-refractivity contribution in [3.63, 3.8) is 0 Å². The molecule has 150 valence electrons. The number of carbonyl (C=O) groups is 1. The highest BCUT2D eigenvalue weighted by Gasteiger charge is 2.14. The Balaban J connectivity index is 1.97. The summed E-state index contributed by atoms with van der Waals surface area (Å²) in [6.45, 7) is 4.45. The van der Waals surface area contributed by atoms with Gasteiger partial charge in [0, 0.05) is 24.7 Å². The lowest BCUT2D eigenvalue weighted by Crippen LogP contribution is -2.18. The highest BCUT2D eigenvalue weighted by molar-refractivity contribution is 5.93. The number of rotatable bonds is 12. The molecule has 8 nitrogen and oxygen atoms in total. The number of aromatic carboxylic acids is 1. The number of benzene rings is 1. The quantitative estimate of drug-likeness (QED) is 0.442. The van der Waals surface area contributed by atoms with Gasteiger partial charge in [0.15, 0.2) is 0 Å². The van der Waals surface area contributed by atoms with Gasteiger partial charge in [-0.3, -0.25) is 4.79 Å². The maximum absolute atomic E-state index is 12.5. The van der Waals surface area contributed by atoms with Crippen LogP contribution in [0.1, 0.15) is 29.3 Å². The largest absolute Gasteiger partial charge is 0.477 e. The molecule has 0 atom stereocenters. The van der Waals surface area contributed by atoms with Crippen molar-refractivity contribution >= 4 is 22.9 Å². The number of hydrogen-bond donors (Lipinski definition) is 1. The van der Waals surface area contributed by atoms with Crippen molar-refractivity contribution in [3.8, 4) is 0 Å². The van der Waals surface area contributed by atoms with Crippen molar-refractivity contribution in [2.24, 2.45) is 5.18 Å². The van der Waals surface area contributed by atoms with E-state index in [0.717, 1.165) is 5.56 Å². The van der Waals surface area contributed by atoms with Gasteiger partial charge in [-0.2, -0.15) is 4.91 Å². The molecular formula is C20H24N2O6. The zero-order valence-electron chi connectivity index (χ0n) is 15.8. The van der Waals surface area contributed by atoms with Crippen molar-refractivity contribution in [1.29, 1.82) is 0 Å². The smallest absolute Gasteiger partial charge is 0.341 e. The Labute approximate surface area is 162 Å². The van der Waals surface area contributed by atoms with Crippen molar-refractivity contribution < 1.29 is 19.4 Å². The van der Waals surface area contributed by atoms with E-state index in [9.17, 15) is 19.6 Å². The van der Waals surface area contributed by atoms with Crippen LogP contribution in [0.2, 0.25) is 0 Å². The van der Waals surface area contributed by atoms with E-state index < -0.39 is 11.4 Å². The molecule has 1 aromatic carbocycles. The number of nitrogens with zero attached hydrogens (tertiary/aromatic N) is 2. The molecule has 0 bridgehead atoms. The van der Waals surface area contributed by atoms with Gasteiger partial charge in [0.2, 0.25) is 5.43 Å². The first kappa shape index (κ1) is 21.5. The molecule has 1 aromatic heterocycles. The molecule has 1 heterocycles. The molecule has 0 saturated heterocycles. The Morgan fingerprint density at radius 1 is 1.25 bits per heavy atom. The predicted molar refractivity (Wildman–Crippen MR) is 107 cm³/mol. The Kier molecular flexibility index (Phi) is 8.51. The first-order valence-electron chi connectivity index (χ1n) is 9.10. The predicted octanol–water partition coefficient (Wildman–Crippen LogP) is 2.92. The summed E-state index contributed by atoms with van der Waals surface area (Å²) in [5, 5.41) is 12.4. The Bertz CT molecular complexity index is 903. The number of fused-ring (bicyclic) bond motifs is 1. The second-order valence-electron chi connectivity index (χ2n) is 6.04. The lowest BCUT2D eigenvalue weighted by atomic mass is 10.1. The number of hydrogen-bond acceptors (Lipinski definition) is 6. The summed E-state index contributed by atoms with van der Waals surface area (Å²) in [7, 11) is 0. The molecule has 28 heavy (non-hydrogen) atoms. The summed E-state index contributed by atoms with van der Waals surface area (Å²) in [6, 6.07) is 5.38. The van der Waals surface area contributed by atoms with Crippen molar-refractivity contribution in [2.75, 3.05) is 33.0 Å². The van der Waals surface area contributed by atoms with E-state index in [1.54, 1.807) is 10.6 Å². The van der Waals surface area contributed by atoms with Crippen molar-refractivity contribution in [3.05, 3.63) is 56.7 Å². The summed E-state index contributed by atoms with van der Waals surface area (Å²) in [5.74, 6) is -1.23. The highest BCUT2D eigenvalue weighted by atomic mass is 16.5. The van der Waals surface area contributed by atoms with Crippen LogP contribution in [-0.4, -0.2) is 48.6 Å². The van der Waals surface area contributed by atoms with Gasteiger partial charge in [0.05, 0.1) is 31.9 Å². The fourth-order valence-electron chi connectivity index (χ4n) is 2.72. The lowest BCUT2D eigenvalue weighted by Gasteiger charge is -2.10. The lowest BCUT2D eigenvalue weighted by molar-refractivity contribution is 0.0582. The molecule has 2 aromatic rings. The van der Waals surface area contributed by atoms with Gasteiger partial charge in [0.1, 0.15) is 5.56 Å². The maximum Gasteiger partial charge on any atom is 0.341 e. The molecule has 0 aliphatic carbocycles. The number of aromatic nitrogens is 1. The SMILES string of the molecule is CCn1cc(C(=O)O)c(=O)c2cc(/C=C/COCCOCCCN=O)ccc21. The van der Waals surface area contributed by atoms with Crippen LogP contribution in [0.5, 0.6) is 0 Å². The molecule has 0 aliphatic heterocycles. The third-order valence-electron chi connectivity index (χ3n) is 4.11. The van der Waals surface area contributed by atoms with E-state index in [1.165, 1.54) is 6.20 Å². The normalized spacial score (nSPS) is 11.3. The van der Waals surface area contributed by atoms with E-state index in [-0.39, 0.29) is 12.1 Å². The molecule has 0 saturated carbocycles. The number of carboxylic acid groups (broad SMARTS) is 1. The molecule has 0 aliphatic rings. The van der Waals surface area contributed by atoms with Crippen LogP contribution in [0.4, 0.5) is 0 Å². The minimum Gasteiger partial charge on any atom is -0.477 e. The maximum atomic E-state index is 12.5. The van der Waals surface area contributed by atoms with Crippen LogP contribution in [-0.2, 0) is 16.0 Å². The molecule has 0 spiro atoms. The Morgan fingerprint density at radius 3 is 2.75 bits per heavy atom.